The summed E-state index contributed by atoms with van der Waals surface area (Å²) in [4.78, 5) is 17.1. The maximum atomic E-state index is 13.5. The molecule has 152 valence electrons. The molecule has 3 heterocycles. The minimum atomic E-state index is -4.71. The number of alkyl halides is 3. The van der Waals surface area contributed by atoms with Gasteiger partial charge in [-0.25, -0.2) is 4.98 Å². The summed E-state index contributed by atoms with van der Waals surface area (Å²) in [6, 6.07) is 7.14. The highest BCUT2D eigenvalue weighted by atomic mass is 19.4. The topological polar surface area (TPSA) is 103 Å². The van der Waals surface area contributed by atoms with Crippen LogP contribution in [-0.2, 0) is 6.18 Å². The number of piperidine rings is 1. The molecule has 1 saturated heterocycles. The highest BCUT2D eigenvalue weighted by Crippen LogP contribution is 2.35. The molecule has 3 aromatic rings. The van der Waals surface area contributed by atoms with Crippen LogP contribution < -0.4 is 10.6 Å². The van der Waals surface area contributed by atoms with E-state index in [-0.39, 0.29) is 34.1 Å². The standard InChI is InChI=1S/C19H18F3N5O2/c20-19(21,22)16-15-13(18(29)24-11-2-1-7-23-9-11)8-14(25-17(15)27-26-16)10-3-5-12(28)6-4-10/h3-6,8,11,23,28H,1-2,7,9H2,(H,24,29)(H,25,26,27). The molecule has 29 heavy (non-hydrogen) atoms. The predicted molar refractivity (Wildman–Crippen MR) is 99.3 cm³/mol. The molecule has 0 radical (unpaired) electrons. The van der Waals surface area contributed by atoms with Crippen LogP contribution in [0.3, 0.4) is 0 Å². The zero-order chi connectivity index (χ0) is 20.6. The van der Waals surface area contributed by atoms with Gasteiger partial charge in [0.2, 0.25) is 0 Å². The first-order chi connectivity index (χ1) is 13.8. The van der Waals surface area contributed by atoms with Crippen molar-refractivity contribution < 1.29 is 23.1 Å². The van der Waals surface area contributed by atoms with Crippen LogP contribution in [-0.4, -0.2) is 45.3 Å². The van der Waals surface area contributed by atoms with Gasteiger partial charge in [0.25, 0.3) is 5.91 Å². The van der Waals surface area contributed by atoms with Crippen LogP contribution in [0, 0.1) is 0 Å². The number of amides is 1. The fourth-order valence-electron chi connectivity index (χ4n) is 3.43. The smallest absolute Gasteiger partial charge is 0.433 e. The van der Waals surface area contributed by atoms with E-state index in [1.165, 1.54) is 18.2 Å². The van der Waals surface area contributed by atoms with Crippen molar-refractivity contribution in [3.63, 3.8) is 0 Å². The Morgan fingerprint density at radius 2 is 2.00 bits per heavy atom. The normalized spacial score (nSPS) is 17.4. The number of H-pyrrole nitrogens is 1. The van der Waals surface area contributed by atoms with E-state index < -0.39 is 17.8 Å². The minimum Gasteiger partial charge on any atom is -0.508 e. The first kappa shape index (κ1) is 19.2. The summed E-state index contributed by atoms with van der Waals surface area (Å²) in [6.07, 6.45) is -3.10. The number of hydrogen-bond donors (Lipinski definition) is 4. The Hall–Kier alpha value is -3.14. The van der Waals surface area contributed by atoms with Crippen molar-refractivity contribution in [2.24, 2.45) is 0 Å². The number of phenolic OH excluding ortho intramolecular Hbond substituents is 1. The lowest BCUT2D eigenvalue weighted by molar-refractivity contribution is -0.139. The molecule has 0 saturated carbocycles. The van der Waals surface area contributed by atoms with E-state index in [0.29, 0.717) is 12.1 Å². The Balaban J connectivity index is 1.82. The number of aromatic amines is 1. The Morgan fingerprint density at radius 3 is 2.66 bits per heavy atom. The van der Waals surface area contributed by atoms with Crippen molar-refractivity contribution in [3.8, 4) is 17.0 Å². The molecular weight excluding hydrogens is 387 g/mol. The highest BCUT2D eigenvalue weighted by Gasteiger charge is 2.37. The molecule has 1 amide bonds. The molecule has 0 aliphatic carbocycles. The average Bonchev–Trinajstić information content (AvgIpc) is 3.13. The quantitative estimate of drug-likeness (QED) is 0.537. The van der Waals surface area contributed by atoms with E-state index in [0.717, 1.165) is 19.4 Å². The number of rotatable bonds is 3. The molecule has 1 aliphatic heterocycles. The van der Waals surface area contributed by atoms with E-state index in [1.807, 2.05) is 5.10 Å². The molecule has 0 bridgehead atoms. The number of hydrogen-bond acceptors (Lipinski definition) is 5. The van der Waals surface area contributed by atoms with Gasteiger partial charge in [0.15, 0.2) is 5.65 Å². The number of carbonyl (C=O) groups is 1. The first-order valence-electron chi connectivity index (χ1n) is 9.10. The second kappa shape index (κ2) is 7.36. The van der Waals surface area contributed by atoms with Crippen LogP contribution in [0.25, 0.3) is 22.3 Å². The Labute approximate surface area is 163 Å². The molecule has 2 aromatic heterocycles. The van der Waals surface area contributed by atoms with E-state index in [4.69, 9.17) is 0 Å². The average molecular weight is 405 g/mol. The summed E-state index contributed by atoms with van der Waals surface area (Å²) < 4.78 is 40.4. The van der Waals surface area contributed by atoms with E-state index in [2.05, 4.69) is 20.7 Å². The summed E-state index contributed by atoms with van der Waals surface area (Å²) in [6.45, 7) is 1.40. The van der Waals surface area contributed by atoms with Crippen molar-refractivity contribution in [1.82, 2.24) is 25.8 Å². The Bertz CT molecular complexity index is 1040. The molecule has 1 fully saturated rings. The molecule has 4 N–H and O–H groups in total. The van der Waals surface area contributed by atoms with Gasteiger partial charge in [-0.15, -0.1) is 0 Å². The van der Waals surface area contributed by atoms with Gasteiger partial charge >= 0.3 is 6.18 Å². The fraction of sp³-hybridized carbons (Fsp3) is 0.316. The second-order valence-corrected chi connectivity index (χ2v) is 6.91. The van der Waals surface area contributed by atoms with Crippen molar-refractivity contribution in [1.29, 1.82) is 0 Å². The Morgan fingerprint density at radius 1 is 1.24 bits per heavy atom. The van der Waals surface area contributed by atoms with Gasteiger partial charge in [-0.2, -0.15) is 18.3 Å². The summed E-state index contributed by atoms with van der Waals surface area (Å²) in [5, 5.41) is 20.7. The van der Waals surface area contributed by atoms with Gasteiger partial charge in [-0.05, 0) is 49.7 Å². The lowest BCUT2D eigenvalue weighted by atomic mass is 10.0. The maximum absolute atomic E-state index is 13.5. The van der Waals surface area contributed by atoms with Gasteiger partial charge in [0, 0.05) is 18.2 Å². The van der Waals surface area contributed by atoms with Gasteiger partial charge in [-0.1, -0.05) is 0 Å². The third-order valence-electron chi connectivity index (χ3n) is 4.85. The van der Waals surface area contributed by atoms with E-state index in [9.17, 15) is 23.1 Å². The molecule has 1 atom stereocenters. The number of aromatic hydroxyl groups is 1. The Kier molecular flexibility index (Phi) is 4.87. The van der Waals surface area contributed by atoms with Gasteiger partial charge in [-0.3, -0.25) is 9.89 Å². The fourth-order valence-corrected chi connectivity index (χ4v) is 3.43. The number of nitrogens with one attached hydrogen (secondary N) is 3. The molecule has 0 spiro atoms. The third-order valence-corrected chi connectivity index (χ3v) is 4.85. The van der Waals surface area contributed by atoms with Crippen LogP contribution in [0.4, 0.5) is 13.2 Å². The number of nitrogens with zero attached hydrogens (tertiary/aromatic N) is 2. The molecule has 10 heteroatoms. The van der Waals surface area contributed by atoms with E-state index in [1.54, 1.807) is 12.1 Å². The van der Waals surface area contributed by atoms with Crippen LogP contribution >= 0.6 is 0 Å². The number of carbonyl (C=O) groups excluding carboxylic acids is 1. The van der Waals surface area contributed by atoms with Gasteiger partial charge in [0.05, 0.1) is 16.6 Å². The lowest BCUT2D eigenvalue weighted by Gasteiger charge is -2.24. The zero-order valence-corrected chi connectivity index (χ0v) is 15.2. The molecule has 1 aromatic carbocycles. The molecule has 1 unspecified atom stereocenters. The van der Waals surface area contributed by atoms with Crippen LogP contribution in [0.15, 0.2) is 30.3 Å². The van der Waals surface area contributed by atoms with Gasteiger partial charge in [0.1, 0.15) is 11.4 Å². The van der Waals surface area contributed by atoms with Crippen molar-refractivity contribution in [3.05, 3.63) is 41.6 Å². The highest BCUT2D eigenvalue weighted by molar-refractivity contribution is 6.07. The molecule has 1 aliphatic rings. The number of pyridine rings is 1. The number of fused-ring (bicyclic) bond motifs is 1. The lowest BCUT2D eigenvalue weighted by Crippen LogP contribution is -2.45. The summed E-state index contributed by atoms with van der Waals surface area (Å²) in [5.74, 6) is -0.574. The van der Waals surface area contributed by atoms with Crippen LogP contribution in [0.5, 0.6) is 5.75 Å². The number of phenols is 1. The van der Waals surface area contributed by atoms with Crippen LogP contribution in [0.2, 0.25) is 0 Å². The van der Waals surface area contributed by atoms with E-state index >= 15 is 0 Å². The van der Waals surface area contributed by atoms with Crippen molar-refractivity contribution in [2.45, 2.75) is 25.1 Å². The molecule has 4 rings (SSSR count). The maximum Gasteiger partial charge on any atom is 0.433 e. The predicted octanol–water partition coefficient (Wildman–Crippen LogP) is 2.83. The largest absolute Gasteiger partial charge is 0.508 e. The second-order valence-electron chi connectivity index (χ2n) is 6.91. The monoisotopic (exact) mass is 405 g/mol. The number of benzene rings is 1. The van der Waals surface area contributed by atoms with Crippen LogP contribution in [0.1, 0.15) is 28.9 Å². The molecule has 7 nitrogen and oxygen atoms in total. The number of halogens is 3. The van der Waals surface area contributed by atoms with Gasteiger partial charge < -0.3 is 15.7 Å². The number of aromatic nitrogens is 3. The van der Waals surface area contributed by atoms with Crippen molar-refractivity contribution in [2.75, 3.05) is 13.1 Å². The summed E-state index contributed by atoms with van der Waals surface area (Å²) in [7, 11) is 0. The third kappa shape index (κ3) is 3.88. The molecular formula is C19H18F3N5O2. The first-order valence-corrected chi connectivity index (χ1v) is 9.10. The SMILES string of the molecule is O=C(NC1CCCNC1)c1cc(-c2ccc(O)cc2)nc2n[nH]c(C(F)(F)F)c12. The zero-order valence-electron chi connectivity index (χ0n) is 15.2. The summed E-state index contributed by atoms with van der Waals surface area (Å²) >= 11 is 0. The van der Waals surface area contributed by atoms with Crippen molar-refractivity contribution >= 4 is 16.9 Å². The summed E-state index contributed by atoms with van der Waals surface area (Å²) in [5.41, 5.74) is -0.636. The minimum absolute atomic E-state index is 0.0386.